The van der Waals surface area contributed by atoms with Gasteiger partial charge in [0.2, 0.25) is 0 Å². The molecule has 0 fully saturated rings. The Bertz CT molecular complexity index is 693. The first-order valence-corrected chi connectivity index (χ1v) is 7.57. The predicted octanol–water partition coefficient (Wildman–Crippen LogP) is 3.42. The fourth-order valence-corrected chi connectivity index (χ4v) is 3.64. The Morgan fingerprint density at radius 1 is 1.33 bits per heavy atom. The van der Waals surface area contributed by atoms with Crippen molar-refractivity contribution in [2.24, 2.45) is 0 Å². The Morgan fingerprint density at radius 2 is 2.05 bits per heavy atom. The summed E-state index contributed by atoms with van der Waals surface area (Å²) in [6.45, 7) is 2.71. The molecular weight excluding hydrogens is 288 g/mol. The number of nitro groups is 1. The van der Waals surface area contributed by atoms with Gasteiger partial charge in [0.1, 0.15) is 0 Å². The zero-order chi connectivity index (χ0) is 15.0. The summed E-state index contributed by atoms with van der Waals surface area (Å²) in [6, 6.07) is 7.91. The van der Waals surface area contributed by atoms with E-state index in [0.29, 0.717) is 12.1 Å². The van der Waals surface area contributed by atoms with Gasteiger partial charge in [-0.2, -0.15) is 0 Å². The van der Waals surface area contributed by atoms with Crippen LogP contribution in [-0.2, 0) is 6.42 Å². The molecule has 0 bridgehead atoms. The molecule has 2 heterocycles. The molecule has 0 saturated heterocycles. The monoisotopic (exact) mass is 302 g/mol. The summed E-state index contributed by atoms with van der Waals surface area (Å²) in [5, 5.41) is 12.7. The molecule has 2 aromatic rings. The van der Waals surface area contributed by atoms with Crippen LogP contribution in [0.1, 0.15) is 33.8 Å². The van der Waals surface area contributed by atoms with Crippen LogP contribution < -0.4 is 0 Å². The zero-order valence-electron chi connectivity index (χ0n) is 11.5. The summed E-state index contributed by atoms with van der Waals surface area (Å²) in [7, 11) is 0. The Hall–Kier alpha value is -2.21. The van der Waals surface area contributed by atoms with Crippen LogP contribution in [0.5, 0.6) is 0 Å². The SMILES string of the molecule is C[C@H]1c2ccsc2CCN1C(=O)c1ccc([N+](=O)[O-])cc1. The average molecular weight is 302 g/mol. The third kappa shape index (κ3) is 2.42. The van der Waals surface area contributed by atoms with Crippen LogP contribution >= 0.6 is 11.3 Å². The van der Waals surface area contributed by atoms with Crippen LogP contribution in [0.2, 0.25) is 0 Å². The number of benzene rings is 1. The van der Waals surface area contributed by atoms with Crippen molar-refractivity contribution in [3.05, 3.63) is 61.8 Å². The molecule has 1 aliphatic heterocycles. The Balaban J connectivity index is 1.84. The summed E-state index contributed by atoms with van der Waals surface area (Å²) in [6.07, 6.45) is 0.871. The molecule has 0 radical (unpaired) electrons. The molecule has 0 saturated carbocycles. The van der Waals surface area contributed by atoms with Crippen molar-refractivity contribution in [3.63, 3.8) is 0 Å². The van der Waals surface area contributed by atoms with E-state index in [1.807, 2.05) is 11.8 Å². The molecule has 1 atom stereocenters. The highest BCUT2D eigenvalue weighted by molar-refractivity contribution is 7.10. The minimum atomic E-state index is -0.463. The number of hydrogen-bond donors (Lipinski definition) is 0. The molecule has 21 heavy (non-hydrogen) atoms. The number of nitro benzene ring substituents is 1. The maximum absolute atomic E-state index is 12.6. The molecule has 0 N–H and O–H groups in total. The predicted molar refractivity (Wildman–Crippen MR) is 80.6 cm³/mol. The van der Waals surface area contributed by atoms with Crippen LogP contribution in [0.4, 0.5) is 5.69 Å². The van der Waals surface area contributed by atoms with Gasteiger partial charge in [0, 0.05) is 29.1 Å². The normalized spacial score (nSPS) is 17.4. The number of fused-ring (bicyclic) bond motifs is 1. The Labute approximate surface area is 126 Å². The van der Waals surface area contributed by atoms with E-state index < -0.39 is 4.92 Å². The van der Waals surface area contributed by atoms with E-state index >= 15 is 0 Å². The van der Waals surface area contributed by atoms with Gasteiger partial charge < -0.3 is 4.90 Å². The number of nitrogens with zero attached hydrogens (tertiary/aromatic N) is 2. The standard InChI is InChI=1S/C15H14N2O3S/c1-10-13-7-9-21-14(13)6-8-16(10)15(18)11-2-4-12(5-3-11)17(19)20/h2-5,7,9-10H,6,8H2,1H3/t10-/m0/s1. The minimum absolute atomic E-state index is 0.00152. The van der Waals surface area contributed by atoms with Gasteiger partial charge in [0.25, 0.3) is 11.6 Å². The molecule has 0 spiro atoms. The third-order valence-electron chi connectivity index (χ3n) is 3.86. The smallest absolute Gasteiger partial charge is 0.269 e. The summed E-state index contributed by atoms with van der Waals surface area (Å²) >= 11 is 1.73. The van der Waals surface area contributed by atoms with Crippen molar-refractivity contribution < 1.29 is 9.72 Å². The van der Waals surface area contributed by atoms with Crippen molar-refractivity contribution in [2.45, 2.75) is 19.4 Å². The molecule has 5 nitrogen and oxygen atoms in total. The number of non-ortho nitro benzene ring substituents is 1. The van der Waals surface area contributed by atoms with Gasteiger partial charge >= 0.3 is 0 Å². The summed E-state index contributed by atoms with van der Waals surface area (Å²) in [5.74, 6) is -0.0748. The zero-order valence-corrected chi connectivity index (χ0v) is 12.3. The minimum Gasteiger partial charge on any atom is -0.331 e. The van der Waals surface area contributed by atoms with E-state index in [-0.39, 0.29) is 17.6 Å². The fraction of sp³-hybridized carbons (Fsp3) is 0.267. The maximum atomic E-state index is 12.6. The number of rotatable bonds is 2. The molecule has 0 unspecified atom stereocenters. The third-order valence-corrected chi connectivity index (χ3v) is 4.86. The average Bonchev–Trinajstić information content (AvgIpc) is 2.96. The molecule has 1 aliphatic rings. The van der Waals surface area contributed by atoms with Crippen molar-refractivity contribution in [3.8, 4) is 0 Å². The van der Waals surface area contributed by atoms with Gasteiger partial charge in [0.15, 0.2) is 0 Å². The molecule has 108 valence electrons. The van der Waals surface area contributed by atoms with Crippen LogP contribution in [0.25, 0.3) is 0 Å². The number of hydrogen-bond acceptors (Lipinski definition) is 4. The van der Waals surface area contributed by atoms with E-state index in [4.69, 9.17) is 0 Å². The van der Waals surface area contributed by atoms with Gasteiger partial charge in [0.05, 0.1) is 11.0 Å². The fourth-order valence-electron chi connectivity index (χ4n) is 2.68. The topological polar surface area (TPSA) is 63.5 Å². The number of carbonyl (C=O) groups is 1. The maximum Gasteiger partial charge on any atom is 0.269 e. The lowest BCUT2D eigenvalue weighted by atomic mass is 10.0. The van der Waals surface area contributed by atoms with E-state index in [1.165, 1.54) is 34.7 Å². The van der Waals surface area contributed by atoms with Crippen LogP contribution in [0, 0.1) is 10.1 Å². The summed E-state index contributed by atoms with van der Waals surface area (Å²) < 4.78 is 0. The molecular formula is C15H14N2O3S. The van der Waals surface area contributed by atoms with E-state index in [1.54, 1.807) is 11.3 Å². The molecule has 6 heteroatoms. The lowest BCUT2D eigenvalue weighted by Crippen LogP contribution is -2.38. The highest BCUT2D eigenvalue weighted by atomic mass is 32.1. The van der Waals surface area contributed by atoms with E-state index in [2.05, 4.69) is 11.4 Å². The first kappa shape index (κ1) is 13.8. The first-order chi connectivity index (χ1) is 10.1. The largest absolute Gasteiger partial charge is 0.331 e. The molecule has 3 rings (SSSR count). The molecule has 1 aromatic carbocycles. The summed E-state index contributed by atoms with van der Waals surface area (Å²) in [5.41, 5.74) is 1.70. The number of amides is 1. The quantitative estimate of drug-likeness (QED) is 0.630. The second kappa shape index (κ2) is 5.29. The second-order valence-corrected chi connectivity index (χ2v) is 6.03. The van der Waals surface area contributed by atoms with Crippen molar-refractivity contribution in [1.82, 2.24) is 4.90 Å². The summed E-state index contributed by atoms with van der Waals surface area (Å²) in [4.78, 5) is 25.9. The van der Waals surface area contributed by atoms with Crippen molar-refractivity contribution in [1.29, 1.82) is 0 Å². The highest BCUT2D eigenvalue weighted by Gasteiger charge is 2.29. The van der Waals surface area contributed by atoms with Gasteiger partial charge in [-0.25, -0.2) is 0 Å². The van der Waals surface area contributed by atoms with Gasteiger partial charge in [-0.15, -0.1) is 11.3 Å². The van der Waals surface area contributed by atoms with Crippen LogP contribution in [0.15, 0.2) is 35.7 Å². The Kier molecular flexibility index (Phi) is 3.47. The van der Waals surface area contributed by atoms with Crippen LogP contribution in [-0.4, -0.2) is 22.3 Å². The van der Waals surface area contributed by atoms with Crippen molar-refractivity contribution in [2.75, 3.05) is 6.54 Å². The molecule has 1 aromatic heterocycles. The van der Waals surface area contributed by atoms with Crippen molar-refractivity contribution >= 4 is 22.9 Å². The first-order valence-electron chi connectivity index (χ1n) is 6.69. The lowest BCUT2D eigenvalue weighted by Gasteiger charge is -2.33. The van der Waals surface area contributed by atoms with Gasteiger partial charge in [-0.05, 0) is 42.5 Å². The highest BCUT2D eigenvalue weighted by Crippen LogP contribution is 2.33. The number of thiophene rings is 1. The van der Waals surface area contributed by atoms with Crippen LogP contribution in [0.3, 0.4) is 0 Å². The van der Waals surface area contributed by atoms with E-state index in [0.717, 1.165) is 6.42 Å². The Morgan fingerprint density at radius 3 is 2.71 bits per heavy atom. The lowest BCUT2D eigenvalue weighted by molar-refractivity contribution is -0.384. The molecule has 0 aliphatic carbocycles. The second-order valence-electron chi connectivity index (χ2n) is 5.03. The van der Waals surface area contributed by atoms with E-state index in [9.17, 15) is 14.9 Å². The van der Waals surface area contributed by atoms with Gasteiger partial charge in [-0.1, -0.05) is 0 Å². The van der Waals surface area contributed by atoms with Gasteiger partial charge in [-0.3, -0.25) is 14.9 Å². The number of carbonyl (C=O) groups excluding carboxylic acids is 1. The molecule has 1 amide bonds.